The van der Waals surface area contributed by atoms with Gasteiger partial charge < -0.3 is 19.3 Å². The van der Waals surface area contributed by atoms with Crippen LogP contribution in [0.4, 0.5) is 5.69 Å². The molecule has 0 aliphatic carbocycles. The molecule has 0 radical (unpaired) electrons. The summed E-state index contributed by atoms with van der Waals surface area (Å²) in [6.45, 7) is 3.82. The summed E-state index contributed by atoms with van der Waals surface area (Å²) < 4.78 is 11.6. The van der Waals surface area contributed by atoms with Gasteiger partial charge in [-0.05, 0) is 49.7 Å². The number of hydrogen-bond donors (Lipinski definition) is 2. The van der Waals surface area contributed by atoms with Crippen LogP contribution in [-0.2, 0) is 0 Å². The largest absolute Gasteiger partial charge is 0.478 e. The SMILES string of the molecule is Cc1cc(C(C)Nc2ccccc2C(=O)O)c2oc(-c3ccc(-c4ncco4)cc3)cc(=O)c2c1. The van der Waals surface area contributed by atoms with E-state index >= 15 is 0 Å². The van der Waals surface area contributed by atoms with Crippen LogP contribution in [0.1, 0.15) is 34.5 Å². The minimum atomic E-state index is -1.02. The van der Waals surface area contributed by atoms with Gasteiger partial charge in [-0.1, -0.05) is 30.3 Å². The molecule has 0 aliphatic rings. The van der Waals surface area contributed by atoms with Crippen LogP contribution < -0.4 is 10.7 Å². The van der Waals surface area contributed by atoms with Crippen LogP contribution in [0.15, 0.2) is 92.8 Å². The van der Waals surface area contributed by atoms with Crippen LogP contribution >= 0.6 is 0 Å². The van der Waals surface area contributed by atoms with Gasteiger partial charge >= 0.3 is 5.97 Å². The van der Waals surface area contributed by atoms with Crippen molar-refractivity contribution in [3.63, 3.8) is 0 Å². The molecule has 1 unspecified atom stereocenters. The molecule has 5 rings (SSSR count). The molecule has 174 valence electrons. The average Bonchev–Trinajstić information content (AvgIpc) is 3.39. The Balaban J connectivity index is 1.57. The van der Waals surface area contributed by atoms with E-state index in [1.165, 1.54) is 12.3 Å². The lowest BCUT2D eigenvalue weighted by Gasteiger charge is -2.19. The predicted molar refractivity (Wildman–Crippen MR) is 134 cm³/mol. The number of hydrogen-bond acceptors (Lipinski definition) is 6. The molecule has 0 fully saturated rings. The summed E-state index contributed by atoms with van der Waals surface area (Å²) in [4.78, 5) is 28.9. The molecule has 7 nitrogen and oxygen atoms in total. The molecule has 3 aromatic carbocycles. The molecule has 0 spiro atoms. The molecule has 0 saturated heterocycles. The van der Waals surface area contributed by atoms with Crippen LogP contribution in [0.3, 0.4) is 0 Å². The molecule has 7 heteroatoms. The number of aryl methyl sites for hydroxylation is 1. The topological polar surface area (TPSA) is 106 Å². The first-order valence-corrected chi connectivity index (χ1v) is 11.1. The van der Waals surface area contributed by atoms with E-state index < -0.39 is 5.97 Å². The number of aromatic nitrogens is 1. The Morgan fingerprint density at radius 3 is 2.49 bits per heavy atom. The van der Waals surface area contributed by atoms with E-state index in [9.17, 15) is 14.7 Å². The number of carbonyl (C=O) groups is 1. The lowest BCUT2D eigenvalue weighted by atomic mass is 10.00. The van der Waals surface area contributed by atoms with Crippen molar-refractivity contribution in [1.29, 1.82) is 0 Å². The summed E-state index contributed by atoms with van der Waals surface area (Å²) in [6.07, 6.45) is 3.10. The zero-order valence-corrected chi connectivity index (χ0v) is 19.1. The molecule has 1 atom stereocenters. The molecular weight excluding hydrogens is 444 g/mol. The van der Waals surface area contributed by atoms with Crippen molar-refractivity contribution in [1.82, 2.24) is 4.98 Å². The number of fused-ring (bicyclic) bond motifs is 1. The number of para-hydroxylation sites is 1. The second-order valence-electron chi connectivity index (χ2n) is 8.34. The number of nitrogens with zero attached hydrogens (tertiary/aromatic N) is 1. The van der Waals surface area contributed by atoms with Gasteiger partial charge in [-0.2, -0.15) is 0 Å². The molecular formula is C28H22N2O5. The van der Waals surface area contributed by atoms with E-state index in [1.54, 1.807) is 36.5 Å². The van der Waals surface area contributed by atoms with Crippen LogP contribution in [0, 0.1) is 6.92 Å². The summed E-state index contributed by atoms with van der Waals surface area (Å²) in [5.74, 6) is -0.0723. The minimum Gasteiger partial charge on any atom is -0.478 e. The lowest BCUT2D eigenvalue weighted by Crippen LogP contribution is -2.12. The molecule has 2 heterocycles. The van der Waals surface area contributed by atoms with Crippen molar-refractivity contribution in [2.45, 2.75) is 19.9 Å². The maximum atomic E-state index is 13.1. The Hall–Kier alpha value is -4.65. The van der Waals surface area contributed by atoms with E-state index in [2.05, 4.69) is 10.3 Å². The summed E-state index contributed by atoms with van der Waals surface area (Å²) in [6, 6.07) is 19.0. The number of carboxylic acid groups (broad SMARTS) is 1. The molecule has 5 aromatic rings. The van der Waals surface area contributed by atoms with E-state index in [1.807, 2.05) is 44.2 Å². The standard InChI is InChI=1S/C28H22N2O5/c1-16-13-21(17(2)30-23-6-4-3-5-20(23)28(32)33)26-22(14-16)24(31)15-25(35-26)18-7-9-19(10-8-18)27-29-11-12-34-27/h3-15,17,30H,1-2H3,(H,32,33). The van der Waals surface area contributed by atoms with Gasteiger partial charge in [0.05, 0.1) is 23.2 Å². The monoisotopic (exact) mass is 466 g/mol. The molecule has 0 bridgehead atoms. The van der Waals surface area contributed by atoms with Gasteiger partial charge in [0.2, 0.25) is 5.89 Å². The van der Waals surface area contributed by atoms with Crippen LogP contribution in [0.5, 0.6) is 0 Å². The number of oxazole rings is 1. The first kappa shape index (κ1) is 22.2. The molecule has 0 saturated carbocycles. The Bertz CT molecular complexity index is 1580. The number of carboxylic acids is 1. The van der Waals surface area contributed by atoms with Gasteiger partial charge in [0, 0.05) is 28.4 Å². The second kappa shape index (κ2) is 8.95. The van der Waals surface area contributed by atoms with Crippen molar-refractivity contribution >= 4 is 22.6 Å². The molecule has 35 heavy (non-hydrogen) atoms. The fourth-order valence-electron chi connectivity index (χ4n) is 4.15. The first-order chi connectivity index (χ1) is 16.9. The first-order valence-electron chi connectivity index (χ1n) is 11.1. The third-order valence-corrected chi connectivity index (χ3v) is 5.85. The summed E-state index contributed by atoms with van der Waals surface area (Å²) in [7, 11) is 0. The normalized spacial score (nSPS) is 11.9. The highest BCUT2D eigenvalue weighted by molar-refractivity contribution is 5.94. The van der Waals surface area contributed by atoms with Gasteiger partial charge in [0.25, 0.3) is 0 Å². The van der Waals surface area contributed by atoms with Crippen molar-refractivity contribution in [2.24, 2.45) is 0 Å². The highest BCUT2D eigenvalue weighted by atomic mass is 16.4. The zero-order valence-electron chi connectivity index (χ0n) is 19.1. The maximum absolute atomic E-state index is 13.1. The number of rotatable bonds is 6. The van der Waals surface area contributed by atoms with E-state index in [0.29, 0.717) is 28.3 Å². The minimum absolute atomic E-state index is 0.152. The average molecular weight is 466 g/mol. The predicted octanol–water partition coefficient (Wildman–Crippen LogP) is 6.29. The smallest absolute Gasteiger partial charge is 0.337 e. The summed E-state index contributed by atoms with van der Waals surface area (Å²) >= 11 is 0. The van der Waals surface area contributed by atoms with Gasteiger partial charge in [0.15, 0.2) is 5.43 Å². The fourth-order valence-corrected chi connectivity index (χ4v) is 4.15. The van der Waals surface area contributed by atoms with Gasteiger partial charge in [-0.25, -0.2) is 9.78 Å². The van der Waals surface area contributed by atoms with E-state index in [0.717, 1.165) is 22.3 Å². The van der Waals surface area contributed by atoms with Crippen LogP contribution in [0.25, 0.3) is 33.7 Å². The van der Waals surface area contributed by atoms with Crippen molar-refractivity contribution in [3.05, 3.63) is 106 Å². The Labute approximate surface area is 200 Å². The van der Waals surface area contributed by atoms with Gasteiger partial charge in [0.1, 0.15) is 17.6 Å². The molecule has 2 aromatic heterocycles. The highest BCUT2D eigenvalue weighted by Gasteiger charge is 2.18. The second-order valence-corrected chi connectivity index (χ2v) is 8.34. The third kappa shape index (κ3) is 4.31. The van der Waals surface area contributed by atoms with Crippen LogP contribution in [0.2, 0.25) is 0 Å². The molecule has 0 aliphatic heterocycles. The Morgan fingerprint density at radius 1 is 1.03 bits per heavy atom. The number of anilines is 1. The Kier molecular flexibility index (Phi) is 5.66. The van der Waals surface area contributed by atoms with Crippen molar-refractivity contribution in [3.8, 4) is 22.8 Å². The Morgan fingerprint density at radius 2 is 1.77 bits per heavy atom. The van der Waals surface area contributed by atoms with Gasteiger partial charge in [-0.15, -0.1) is 0 Å². The summed E-state index contributed by atoms with van der Waals surface area (Å²) in [5.41, 5.74) is 4.19. The fraction of sp³-hybridized carbons (Fsp3) is 0.107. The zero-order chi connectivity index (χ0) is 24.5. The van der Waals surface area contributed by atoms with E-state index in [-0.39, 0.29) is 17.0 Å². The lowest BCUT2D eigenvalue weighted by molar-refractivity contribution is 0.0698. The number of nitrogens with one attached hydrogen (secondary N) is 1. The quantitative estimate of drug-likeness (QED) is 0.303. The maximum Gasteiger partial charge on any atom is 0.337 e. The summed E-state index contributed by atoms with van der Waals surface area (Å²) in [5, 5.41) is 13.3. The van der Waals surface area contributed by atoms with Crippen molar-refractivity contribution in [2.75, 3.05) is 5.32 Å². The number of benzene rings is 3. The van der Waals surface area contributed by atoms with E-state index in [4.69, 9.17) is 8.83 Å². The van der Waals surface area contributed by atoms with Crippen molar-refractivity contribution < 1.29 is 18.7 Å². The number of aromatic carboxylic acids is 1. The molecule has 2 N–H and O–H groups in total. The van der Waals surface area contributed by atoms with Crippen LogP contribution in [-0.4, -0.2) is 16.1 Å². The third-order valence-electron chi connectivity index (χ3n) is 5.85. The van der Waals surface area contributed by atoms with Gasteiger partial charge in [-0.3, -0.25) is 4.79 Å². The highest BCUT2D eigenvalue weighted by Crippen LogP contribution is 2.32. The molecule has 0 amide bonds.